The van der Waals surface area contributed by atoms with Gasteiger partial charge in [0.1, 0.15) is 0 Å². The highest BCUT2D eigenvalue weighted by molar-refractivity contribution is 6.30. The monoisotopic (exact) mass is 367 g/mol. The van der Waals surface area contributed by atoms with Crippen LogP contribution in [0.2, 0.25) is 5.02 Å². The Kier molecular flexibility index (Phi) is 4.96. The second-order valence-electron chi connectivity index (χ2n) is 6.82. The van der Waals surface area contributed by atoms with E-state index in [2.05, 4.69) is 34.3 Å². The lowest BCUT2D eigenvalue weighted by atomic mass is 10.1. The van der Waals surface area contributed by atoms with Gasteiger partial charge in [0.05, 0.1) is 6.42 Å². The van der Waals surface area contributed by atoms with Gasteiger partial charge in [0.15, 0.2) is 0 Å². The van der Waals surface area contributed by atoms with Crippen LogP contribution in [-0.2, 0) is 17.8 Å². The topological polar surface area (TPSA) is 39.3 Å². The van der Waals surface area contributed by atoms with Crippen LogP contribution in [0.5, 0.6) is 0 Å². The Morgan fingerprint density at radius 3 is 2.50 bits per heavy atom. The highest BCUT2D eigenvalue weighted by atomic mass is 35.5. The molecule has 5 heteroatoms. The molecule has 1 N–H and O–H groups in total. The summed E-state index contributed by atoms with van der Waals surface area (Å²) in [5, 5.41) is 1.99. The van der Waals surface area contributed by atoms with E-state index >= 15 is 0 Å². The van der Waals surface area contributed by atoms with Crippen LogP contribution in [0.25, 0.3) is 10.9 Å². The first kappa shape index (κ1) is 17.1. The van der Waals surface area contributed by atoms with Crippen molar-refractivity contribution in [3.8, 4) is 0 Å². The zero-order chi connectivity index (χ0) is 17.9. The number of H-pyrrole nitrogens is 1. The van der Waals surface area contributed by atoms with Crippen molar-refractivity contribution in [3.63, 3.8) is 0 Å². The summed E-state index contributed by atoms with van der Waals surface area (Å²) in [6, 6.07) is 15.9. The van der Waals surface area contributed by atoms with Crippen LogP contribution in [0.1, 0.15) is 11.1 Å². The number of rotatable bonds is 4. The predicted molar refractivity (Wildman–Crippen MR) is 105 cm³/mol. The molecule has 4 nitrogen and oxygen atoms in total. The first-order valence-electron chi connectivity index (χ1n) is 8.98. The van der Waals surface area contributed by atoms with Gasteiger partial charge in [0.25, 0.3) is 0 Å². The minimum atomic E-state index is 0.194. The Balaban J connectivity index is 1.32. The first-order valence-corrected chi connectivity index (χ1v) is 9.36. The second-order valence-corrected chi connectivity index (χ2v) is 7.26. The quantitative estimate of drug-likeness (QED) is 0.763. The molecular weight excluding hydrogens is 346 g/mol. The van der Waals surface area contributed by atoms with Gasteiger partial charge in [-0.05, 0) is 29.3 Å². The second kappa shape index (κ2) is 7.52. The highest BCUT2D eigenvalue weighted by Crippen LogP contribution is 2.20. The number of hydrogen-bond acceptors (Lipinski definition) is 2. The van der Waals surface area contributed by atoms with Crippen LogP contribution in [0, 0.1) is 0 Å². The van der Waals surface area contributed by atoms with E-state index in [9.17, 15) is 4.79 Å². The molecular formula is C21H22ClN3O. The van der Waals surface area contributed by atoms with E-state index in [-0.39, 0.29) is 5.91 Å². The fourth-order valence-electron chi connectivity index (χ4n) is 3.55. The van der Waals surface area contributed by atoms with E-state index in [4.69, 9.17) is 11.6 Å². The van der Waals surface area contributed by atoms with E-state index in [0.29, 0.717) is 11.4 Å². The Hall–Kier alpha value is -2.30. The van der Waals surface area contributed by atoms with Crippen molar-refractivity contribution < 1.29 is 4.79 Å². The number of fused-ring (bicyclic) bond motifs is 1. The maximum Gasteiger partial charge on any atom is 0.227 e. The zero-order valence-corrected chi connectivity index (χ0v) is 15.4. The number of para-hydroxylation sites is 1. The maximum atomic E-state index is 12.5. The summed E-state index contributed by atoms with van der Waals surface area (Å²) in [5.41, 5.74) is 3.52. The average molecular weight is 368 g/mol. The fraction of sp³-hybridized carbons (Fsp3) is 0.286. The largest absolute Gasteiger partial charge is 0.361 e. The lowest BCUT2D eigenvalue weighted by molar-refractivity contribution is -0.132. The smallest absolute Gasteiger partial charge is 0.227 e. The summed E-state index contributed by atoms with van der Waals surface area (Å²) >= 11 is 5.90. The Labute approximate surface area is 158 Å². The van der Waals surface area contributed by atoms with Gasteiger partial charge in [-0.2, -0.15) is 0 Å². The van der Waals surface area contributed by atoms with Crippen molar-refractivity contribution in [2.45, 2.75) is 13.0 Å². The van der Waals surface area contributed by atoms with E-state index in [1.807, 2.05) is 35.2 Å². The van der Waals surface area contributed by atoms with Gasteiger partial charge < -0.3 is 9.88 Å². The molecule has 0 bridgehead atoms. The number of carbonyl (C=O) groups is 1. The molecule has 1 amide bonds. The summed E-state index contributed by atoms with van der Waals surface area (Å²) in [7, 11) is 0. The molecule has 1 aliphatic heterocycles. The number of benzene rings is 2. The van der Waals surface area contributed by atoms with Crippen molar-refractivity contribution in [1.29, 1.82) is 0 Å². The van der Waals surface area contributed by atoms with Gasteiger partial charge in [0.2, 0.25) is 5.91 Å². The Morgan fingerprint density at radius 1 is 1.00 bits per heavy atom. The molecule has 4 rings (SSSR count). The third-order valence-corrected chi connectivity index (χ3v) is 5.31. The normalized spacial score (nSPS) is 15.5. The van der Waals surface area contributed by atoms with Gasteiger partial charge in [-0.3, -0.25) is 9.69 Å². The molecule has 1 fully saturated rings. The maximum absolute atomic E-state index is 12.5. The van der Waals surface area contributed by atoms with Crippen LogP contribution in [-0.4, -0.2) is 46.9 Å². The number of amides is 1. The average Bonchev–Trinajstić information content (AvgIpc) is 3.07. The van der Waals surface area contributed by atoms with E-state index in [1.165, 1.54) is 16.5 Å². The molecule has 0 radical (unpaired) electrons. The summed E-state index contributed by atoms with van der Waals surface area (Å²) in [5.74, 6) is 0.194. The van der Waals surface area contributed by atoms with Crippen LogP contribution < -0.4 is 0 Å². The highest BCUT2D eigenvalue weighted by Gasteiger charge is 2.21. The number of halogens is 1. The van der Waals surface area contributed by atoms with Crippen molar-refractivity contribution in [2.75, 3.05) is 26.2 Å². The number of nitrogens with zero attached hydrogens (tertiary/aromatic N) is 2. The number of piperazine rings is 1. The minimum absolute atomic E-state index is 0.194. The molecule has 0 spiro atoms. The van der Waals surface area contributed by atoms with Gasteiger partial charge in [-0.1, -0.05) is 41.9 Å². The van der Waals surface area contributed by atoms with E-state index in [0.717, 1.165) is 38.3 Å². The molecule has 0 atom stereocenters. The summed E-state index contributed by atoms with van der Waals surface area (Å²) in [6.07, 6.45) is 2.54. The molecule has 3 aromatic rings. The van der Waals surface area contributed by atoms with Crippen molar-refractivity contribution in [1.82, 2.24) is 14.8 Å². The number of nitrogens with one attached hydrogen (secondary N) is 1. The third kappa shape index (κ3) is 3.76. The van der Waals surface area contributed by atoms with Gasteiger partial charge in [0, 0.05) is 54.8 Å². The predicted octanol–water partition coefficient (Wildman–Crippen LogP) is 3.71. The Morgan fingerprint density at radius 2 is 1.73 bits per heavy atom. The van der Waals surface area contributed by atoms with E-state index < -0.39 is 0 Å². The molecule has 1 aliphatic rings. The van der Waals surface area contributed by atoms with Crippen LogP contribution in [0.4, 0.5) is 0 Å². The Bertz CT molecular complexity index is 895. The molecule has 2 aromatic carbocycles. The summed E-state index contributed by atoms with van der Waals surface area (Å²) in [6.45, 7) is 4.31. The lowest BCUT2D eigenvalue weighted by Crippen LogP contribution is -2.48. The molecule has 26 heavy (non-hydrogen) atoms. The van der Waals surface area contributed by atoms with Crippen molar-refractivity contribution >= 4 is 28.4 Å². The fourth-order valence-corrected chi connectivity index (χ4v) is 3.67. The van der Waals surface area contributed by atoms with Gasteiger partial charge in [-0.15, -0.1) is 0 Å². The molecule has 1 aromatic heterocycles. The summed E-state index contributed by atoms with van der Waals surface area (Å²) in [4.78, 5) is 20.2. The van der Waals surface area contributed by atoms with Crippen molar-refractivity contribution in [2.24, 2.45) is 0 Å². The lowest BCUT2D eigenvalue weighted by Gasteiger charge is -2.34. The molecule has 0 saturated carbocycles. The SMILES string of the molecule is O=C(Cc1ccc(Cl)cc1)N1CCN(Cc2c[nH]c3ccccc23)CC1. The van der Waals surface area contributed by atoms with E-state index in [1.54, 1.807) is 0 Å². The van der Waals surface area contributed by atoms with Crippen LogP contribution in [0.3, 0.4) is 0 Å². The number of carbonyl (C=O) groups excluding carboxylic acids is 1. The van der Waals surface area contributed by atoms with Gasteiger partial charge in [-0.25, -0.2) is 0 Å². The molecule has 0 unspecified atom stereocenters. The number of hydrogen-bond donors (Lipinski definition) is 1. The summed E-state index contributed by atoms with van der Waals surface area (Å²) < 4.78 is 0. The molecule has 134 valence electrons. The number of aromatic nitrogens is 1. The van der Waals surface area contributed by atoms with Gasteiger partial charge >= 0.3 is 0 Å². The molecule has 2 heterocycles. The minimum Gasteiger partial charge on any atom is -0.361 e. The van der Waals surface area contributed by atoms with Crippen molar-refractivity contribution in [3.05, 3.63) is 70.9 Å². The molecule has 1 saturated heterocycles. The van der Waals surface area contributed by atoms with Crippen LogP contribution in [0.15, 0.2) is 54.7 Å². The third-order valence-electron chi connectivity index (χ3n) is 5.06. The first-order chi connectivity index (χ1) is 12.7. The molecule has 0 aliphatic carbocycles. The van der Waals surface area contributed by atoms with Crippen LogP contribution >= 0.6 is 11.6 Å². The standard InChI is InChI=1S/C21H22ClN3O/c22-18-7-5-16(6-8-18)13-21(26)25-11-9-24(10-12-25)15-17-14-23-20-4-2-1-3-19(17)20/h1-8,14,23H,9-13,15H2. The number of aromatic amines is 1. The zero-order valence-electron chi connectivity index (χ0n) is 14.6.